The molecule has 0 amide bonds. The molecule has 2 rings (SSSR count). The van der Waals surface area contributed by atoms with Crippen LogP contribution in [0.5, 0.6) is 0 Å². The molecule has 0 aliphatic heterocycles. The van der Waals surface area contributed by atoms with E-state index in [0.717, 1.165) is 12.1 Å². The van der Waals surface area contributed by atoms with E-state index in [1.54, 1.807) is 0 Å². The Kier molecular flexibility index (Phi) is 7.99. The lowest BCUT2D eigenvalue weighted by Crippen LogP contribution is -2.19. The van der Waals surface area contributed by atoms with Crippen LogP contribution in [0.25, 0.3) is 11.0 Å². The number of para-hydroxylation sites is 2. The first-order valence-electron chi connectivity index (χ1n) is 10.5. The Balaban J connectivity index is 1.77. The molecule has 1 heterocycles. The molecule has 140 valence electrons. The summed E-state index contributed by atoms with van der Waals surface area (Å²) in [7, 11) is 0. The van der Waals surface area contributed by atoms with Gasteiger partial charge in [-0.05, 0) is 18.6 Å². The van der Waals surface area contributed by atoms with Crippen molar-refractivity contribution >= 4 is 11.0 Å². The first kappa shape index (κ1) is 20.0. The second-order valence-electron chi connectivity index (χ2n) is 8.51. The standard InChI is InChI=1S/C23H38N2/c1-5-6-7-8-9-10-11-12-13-16-19-25-21-18-15-14-17-20(21)24-22(25)23(2,3)4/h14-15,17-18H,5-13,16,19H2,1-4H3. The minimum absolute atomic E-state index is 0.0948. The first-order chi connectivity index (χ1) is 12.0. The fourth-order valence-electron chi connectivity index (χ4n) is 3.63. The average molecular weight is 343 g/mol. The van der Waals surface area contributed by atoms with Gasteiger partial charge in [0.2, 0.25) is 0 Å². The molecule has 0 unspecified atom stereocenters. The molecule has 0 aliphatic carbocycles. The number of aryl methyl sites for hydroxylation is 1. The second kappa shape index (κ2) is 9.99. The van der Waals surface area contributed by atoms with Crippen LogP contribution in [0.3, 0.4) is 0 Å². The van der Waals surface area contributed by atoms with Gasteiger partial charge in [0.1, 0.15) is 5.82 Å². The van der Waals surface area contributed by atoms with Crippen molar-refractivity contribution in [1.82, 2.24) is 9.55 Å². The predicted octanol–water partition coefficient (Wildman–Crippen LogP) is 7.25. The van der Waals surface area contributed by atoms with Crippen molar-refractivity contribution in [3.05, 3.63) is 30.1 Å². The van der Waals surface area contributed by atoms with Crippen LogP contribution in [-0.4, -0.2) is 9.55 Å². The third-order valence-electron chi connectivity index (χ3n) is 5.06. The van der Waals surface area contributed by atoms with E-state index in [2.05, 4.69) is 56.5 Å². The first-order valence-corrected chi connectivity index (χ1v) is 10.5. The fraction of sp³-hybridized carbons (Fsp3) is 0.696. The van der Waals surface area contributed by atoms with Crippen LogP contribution in [0.15, 0.2) is 24.3 Å². The number of fused-ring (bicyclic) bond motifs is 1. The molecule has 2 nitrogen and oxygen atoms in total. The van der Waals surface area contributed by atoms with Gasteiger partial charge in [0, 0.05) is 12.0 Å². The van der Waals surface area contributed by atoms with Crippen LogP contribution in [0.1, 0.15) is 97.7 Å². The maximum atomic E-state index is 4.91. The van der Waals surface area contributed by atoms with Crippen molar-refractivity contribution in [2.75, 3.05) is 0 Å². The van der Waals surface area contributed by atoms with E-state index < -0.39 is 0 Å². The highest BCUT2D eigenvalue weighted by Crippen LogP contribution is 2.27. The van der Waals surface area contributed by atoms with Crippen molar-refractivity contribution in [3.63, 3.8) is 0 Å². The molecule has 25 heavy (non-hydrogen) atoms. The van der Waals surface area contributed by atoms with E-state index in [1.165, 1.54) is 75.5 Å². The highest BCUT2D eigenvalue weighted by molar-refractivity contribution is 5.76. The van der Waals surface area contributed by atoms with E-state index in [0.29, 0.717) is 0 Å². The predicted molar refractivity (Wildman–Crippen MR) is 110 cm³/mol. The molecule has 0 saturated heterocycles. The summed E-state index contributed by atoms with van der Waals surface area (Å²) in [4.78, 5) is 4.91. The number of imidazole rings is 1. The van der Waals surface area contributed by atoms with Crippen LogP contribution in [0.4, 0.5) is 0 Å². The monoisotopic (exact) mass is 342 g/mol. The molecule has 0 bridgehead atoms. The van der Waals surface area contributed by atoms with Gasteiger partial charge in [-0.3, -0.25) is 0 Å². The number of hydrogen-bond acceptors (Lipinski definition) is 1. The summed E-state index contributed by atoms with van der Waals surface area (Å²) in [5.74, 6) is 1.23. The van der Waals surface area contributed by atoms with Crippen LogP contribution in [0, 0.1) is 0 Å². The summed E-state index contributed by atoms with van der Waals surface area (Å²) in [6.07, 6.45) is 13.9. The Hall–Kier alpha value is -1.31. The molecule has 0 atom stereocenters. The van der Waals surface area contributed by atoms with Gasteiger partial charge < -0.3 is 4.57 Å². The van der Waals surface area contributed by atoms with Crippen molar-refractivity contribution < 1.29 is 0 Å². The molecule has 1 aromatic heterocycles. The van der Waals surface area contributed by atoms with E-state index in [9.17, 15) is 0 Å². The minimum atomic E-state index is 0.0948. The van der Waals surface area contributed by atoms with E-state index in [1.807, 2.05) is 0 Å². The average Bonchev–Trinajstić information content (AvgIpc) is 2.96. The van der Waals surface area contributed by atoms with E-state index in [4.69, 9.17) is 4.98 Å². The molecule has 0 spiro atoms. The van der Waals surface area contributed by atoms with Crippen molar-refractivity contribution in [2.24, 2.45) is 0 Å². The highest BCUT2D eigenvalue weighted by Gasteiger charge is 2.22. The fourth-order valence-corrected chi connectivity index (χ4v) is 3.63. The Morgan fingerprint density at radius 2 is 1.36 bits per heavy atom. The van der Waals surface area contributed by atoms with Crippen LogP contribution >= 0.6 is 0 Å². The SMILES string of the molecule is CCCCCCCCCCCCn1c(C(C)(C)C)nc2ccccc21. The third kappa shape index (κ3) is 6.17. The molecule has 0 radical (unpaired) electrons. The zero-order valence-electron chi connectivity index (χ0n) is 17.0. The maximum absolute atomic E-state index is 4.91. The number of hydrogen-bond donors (Lipinski definition) is 0. The summed E-state index contributed by atoms with van der Waals surface area (Å²) >= 11 is 0. The third-order valence-corrected chi connectivity index (χ3v) is 5.06. The van der Waals surface area contributed by atoms with Gasteiger partial charge in [-0.15, -0.1) is 0 Å². The number of unbranched alkanes of at least 4 members (excludes halogenated alkanes) is 9. The van der Waals surface area contributed by atoms with Crippen molar-refractivity contribution in [1.29, 1.82) is 0 Å². The lowest BCUT2D eigenvalue weighted by Gasteiger charge is -2.20. The Morgan fingerprint density at radius 1 is 0.800 bits per heavy atom. The minimum Gasteiger partial charge on any atom is -0.328 e. The van der Waals surface area contributed by atoms with Gasteiger partial charge in [0.15, 0.2) is 0 Å². The van der Waals surface area contributed by atoms with Crippen LogP contribution in [0.2, 0.25) is 0 Å². The number of nitrogens with zero attached hydrogens (tertiary/aromatic N) is 2. The molecule has 0 aliphatic rings. The molecule has 0 saturated carbocycles. The van der Waals surface area contributed by atoms with Crippen LogP contribution in [-0.2, 0) is 12.0 Å². The molecular formula is C23H38N2. The smallest absolute Gasteiger partial charge is 0.115 e. The highest BCUT2D eigenvalue weighted by atomic mass is 15.1. The topological polar surface area (TPSA) is 17.8 Å². The Bertz CT molecular complexity index is 619. The number of aromatic nitrogens is 2. The van der Waals surface area contributed by atoms with Gasteiger partial charge in [-0.1, -0.05) is 97.6 Å². The maximum Gasteiger partial charge on any atom is 0.115 e. The van der Waals surface area contributed by atoms with Gasteiger partial charge in [-0.25, -0.2) is 4.98 Å². The van der Waals surface area contributed by atoms with Gasteiger partial charge in [-0.2, -0.15) is 0 Å². The quantitative estimate of drug-likeness (QED) is 0.393. The zero-order chi connectivity index (χ0) is 18.1. The Labute approximate surface area is 155 Å². The molecule has 0 N–H and O–H groups in total. The number of benzene rings is 1. The van der Waals surface area contributed by atoms with Gasteiger partial charge in [0.25, 0.3) is 0 Å². The second-order valence-corrected chi connectivity index (χ2v) is 8.51. The molecule has 0 fully saturated rings. The number of rotatable bonds is 11. The molecular weight excluding hydrogens is 304 g/mol. The molecule has 1 aromatic carbocycles. The summed E-state index contributed by atoms with van der Waals surface area (Å²) in [6.45, 7) is 10.2. The van der Waals surface area contributed by atoms with Crippen molar-refractivity contribution in [2.45, 2.75) is 104 Å². The summed E-state index contributed by atoms with van der Waals surface area (Å²) in [6, 6.07) is 8.58. The molecule has 2 heteroatoms. The normalized spacial score (nSPS) is 12.2. The van der Waals surface area contributed by atoms with Crippen LogP contribution < -0.4 is 0 Å². The largest absolute Gasteiger partial charge is 0.328 e. The summed E-state index contributed by atoms with van der Waals surface area (Å²) < 4.78 is 2.46. The van der Waals surface area contributed by atoms with E-state index >= 15 is 0 Å². The van der Waals surface area contributed by atoms with Gasteiger partial charge in [0.05, 0.1) is 11.0 Å². The van der Waals surface area contributed by atoms with Crippen molar-refractivity contribution in [3.8, 4) is 0 Å². The summed E-state index contributed by atoms with van der Waals surface area (Å²) in [5, 5.41) is 0. The van der Waals surface area contributed by atoms with E-state index in [-0.39, 0.29) is 5.41 Å². The van der Waals surface area contributed by atoms with Gasteiger partial charge >= 0.3 is 0 Å². The zero-order valence-corrected chi connectivity index (χ0v) is 17.0. The Morgan fingerprint density at radius 3 is 1.96 bits per heavy atom. The lowest BCUT2D eigenvalue weighted by molar-refractivity contribution is 0.482. The summed E-state index contributed by atoms with van der Waals surface area (Å²) in [5.41, 5.74) is 2.53. The lowest BCUT2D eigenvalue weighted by atomic mass is 9.95. The molecule has 2 aromatic rings.